The molecule has 0 aliphatic heterocycles. The topological polar surface area (TPSA) is 257 Å². The van der Waals surface area contributed by atoms with Gasteiger partial charge in [0.15, 0.2) is 0 Å². The first-order valence-electron chi connectivity index (χ1n) is 7.96. The molecule has 0 aromatic heterocycles. The van der Waals surface area contributed by atoms with Crippen molar-refractivity contribution in [2.45, 2.75) is 43.9 Å². The molecule has 14 nitrogen and oxygen atoms in total. The number of nitrogens with one attached hydrogen (secondary N) is 3. The molecule has 0 fully saturated rings. The van der Waals surface area contributed by atoms with E-state index in [0.29, 0.717) is 0 Å². The van der Waals surface area contributed by atoms with E-state index >= 15 is 0 Å². The van der Waals surface area contributed by atoms with Gasteiger partial charge in [-0.25, -0.2) is 4.79 Å². The highest BCUT2D eigenvalue weighted by molar-refractivity contribution is 5.96. The normalized spacial score (nSPS) is 14.7. The van der Waals surface area contributed by atoms with Gasteiger partial charge in [0.25, 0.3) is 0 Å². The summed E-state index contributed by atoms with van der Waals surface area (Å²) in [5.41, 5.74) is 15.2. The smallest absolute Gasteiger partial charge is 0.326 e. The first-order chi connectivity index (χ1) is 12.9. The Labute approximate surface area is 159 Å². The summed E-state index contributed by atoms with van der Waals surface area (Å²) in [6, 6.07) is -5.75. The highest BCUT2D eigenvalue weighted by Gasteiger charge is 2.30. The average Bonchev–Trinajstić information content (AvgIpc) is 2.58. The molecule has 0 aromatic rings. The number of amides is 5. The molecule has 0 rings (SSSR count). The fraction of sp³-hybridized carbons (Fsp3) is 0.571. The van der Waals surface area contributed by atoms with Gasteiger partial charge in [0.05, 0.1) is 19.4 Å². The van der Waals surface area contributed by atoms with E-state index in [1.165, 1.54) is 6.92 Å². The molecule has 4 atom stereocenters. The van der Waals surface area contributed by atoms with Gasteiger partial charge in [-0.1, -0.05) is 0 Å². The van der Waals surface area contributed by atoms with Crippen LogP contribution in [0, 0.1) is 0 Å². The molecule has 0 aliphatic carbocycles. The first-order valence-corrected chi connectivity index (χ1v) is 7.96. The molecule has 4 unspecified atom stereocenters. The summed E-state index contributed by atoms with van der Waals surface area (Å²) in [7, 11) is 0. The molecule has 0 saturated heterocycles. The van der Waals surface area contributed by atoms with Crippen LogP contribution in [0.3, 0.4) is 0 Å². The Bertz CT molecular complexity index is 639. The van der Waals surface area contributed by atoms with Crippen molar-refractivity contribution in [3.63, 3.8) is 0 Å². The van der Waals surface area contributed by atoms with E-state index in [4.69, 9.17) is 27.4 Å². The highest BCUT2D eigenvalue weighted by atomic mass is 16.4. The lowest BCUT2D eigenvalue weighted by atomic mass is 10.1. The third-order valence-electron chi connectivity index (χ3n) is 3.34. The number of nitrogens with two attached hydrogens (primary N) is 3. The molecule has 0 spiro atoms. The van der Waals surface area contributed by atoms with Crippen LogP contribution in [0.1, 0.15) is 19.8 Å². The Balaban J connectivity index is 5.14. The summed E-state index contributed by atoms with van der Waals surface area (Å²) in [5.74, 6) is -6.41. The van der Waals surface area contributed by atoms with Gasteiger partial charge in [-0.05, 0) is 6.92 Å². The Hall–Kier alpha value is -3.26. The summed E-state index contributed by atoms with van der Waals surface area (Å²) >= 11 is 0. The molecule has 5 amide bonds. The van der Waals surface area contributed by atoms with Crippen molar-refractivity contribution in [2.75, 3.05) is 6.61 Å². The van der Waals surface area contributed by atoms with Crippen LogP contribution in [0.25, 0.3) is 0 Å². The van der Waals surface area contributed by atoms with Crippen molar-refractivity contribution >= 4 is 35.5 Å². The van der Waals surface area contributed by atoms with E-state index in [0.717, 1.165) is 0 Å². The maximum Gasteiger partial charge on any atom is 0.326 e. The maximum absolute atomic E-state index is 12.2. The quantitative estimate of drug-likeness (QED) is 0.154. The zero-order valence-corrected chi connectivity index (χ0v) is 15.0. The maximum atomic E-state index is 12.2. The van der Waals surface area contributed by atoms with Crippen LogP contribution in [0.2, 0.25) is 0 Å². The lowest BCUT2D eigenvalue weighted by molar-refractivity contribution is -0.144. The third kappa shape index (κ3) is 8.91. The van der Waals surface area contributed by atoms with E-state index in [1.807, 2.05) is 5.32 Å². The largest absolute Gasteiger partial charge is 0.480 e. The molecule has 0 saturated carbocycles. The van der Waals surface area contributed by atoms with Gasteiger partial charge in [-0.2, -0.15) is 0 Å². The number of carboxylic acids is 1. The second-order valence-electron chi connectivity index (χ2n) is 5.82. The fourth-order valence-electron chi connectivity index (χ4n) is 1.85. The Morgan fingerprint density at radius 3 is 1.71 bits per heavy atom. The predicted octanol–water partition coefficient (Wildman–Crippen LogP) is -5.38. The Morgan fingerprint density at radius 1 is 0.821 bits per heavy atom. The van der Waals surface area contributed by atoms with Crippen molar-refractivity contribution in [1.82, 2.24) is 16.0 Å². The van der Waals surface area contributed by atoms with Crippen LogP contribution in [0.4, 0.5) is 0 Å². The summed E-state index contributed by atoms with van der Waals surface area (Å²) in [6.45, 7) is 0.576. The second-order valence-corrected chi connectivity index (χ2v) is 5.82. The second kappa shape index (κ2) is 11.5. The monoisotopic (exact) mass is 404 g/mol. The molecular formula is C14H24N6O8. The van der Waals surface area contributed by atoms with Crippen LogP contribution >= 0.6 is 0 Å². The Morgan fingerprint density at radius 2 is 1.29 bits per heavy atom. The summed E-state index contributed by atoms with van der Waals surface area (Å²) in [4.78, 5) is 69.0. The van der Waals surface area contributed by atoms with Crippen LogP contribution < -0.4 is 33.2 Å². The van der Waals surface area contributed by atoms with E-state index < -0.39 is 79.1 Å². The Kier molecular flexibility index (Phi) is 10.1. The molecular weight excluding hydrogens is 380 g/mol. The minimum atomic E-state index is -1.68. The average molecular weight is 404 g/mol. The van der Waals surface area contributed by atoms with Gasteiger partial charge in [0, 0.05) is 0 Å². The van der Waals surface area contributed by atoms with Crippen LogP contribution in [0.15, 0.2) is 0 Å². The van der Waals surface area contributed by atoms with Gasteiger partial charge in [-0.3, -0.25) is 24.0 Å². The standard InChI is InChI=1S/C14H24N6O8/c1-5(18-12(25)6(15)4-21)11(24)19-7(2-9(16)22)13(26)20-8(14(27)28)3-10(17)23/h5-8,21H,2-4,15H2,1H3,(H2,16,22)(H2,17,23)(H,18,25)(H,19,24)(H,20,26)(H,27,28). The molecule has 11 N–H and O–H groups in total. The van der Waals surface area contributed by atoms with E-state index in [9.17, 15) is 28.8 Å². The molecule has 0 radical (unpaired) electrons. The minimum Gasteiger partial charge on any atom is -0.480 e. The number of rotatable bonds is 12. The number of hydrogen-bond donors (Lipinski definition) is 8. The molecule has 14 heteroatoms. The zero-order chi connectivity index (χ0) is 22.0. The molecule has 0 heterocycles. The van der Waals surface area contributed by atoms with Gasteiger partial charge in [0.1, 0.15) is 24.2 Å². The molecule has 0 bridgehead atoms. The predicted molar refractivity (Wildman–Crippen MR) is 91.8 cm³/mol. The molecule has 158 valence electrons. The van der Waals surface area contributed by atoms with Crippen molar-refractivity contribution in [3.8, 4) is 0 Å². The number of aliphatic hydroxyl groups is 1. The van der Waals surface area contributed by atoms with Crippen molar-refractivity contribution < 1.29 is 39.0 Å². The first kappa shape index (κ1) is 24.7. The number of carbonyl (C=O) groups excluding carboxylic acids is 5. The molecule has 0 aromatic carbocycles. The fourth-order valence-corrected chi connectivity index (χ4v) is 1.85. The minimum absolute atomic E-state index is 0.663. The van der Waals surface area contributed by atoms with Crippen LogP contribution in [-0.4, -0.2) is 76.5 Å². The summed E-state index contributed by atoms with van der Waals surface area (Å²) in [5, 5.41) is 24.1. The number of aliphatic hydroxyl groups excluding tert-OH is 1. The number of carboxylic acid groups (broad SMARTS) is 1. The number of carbonyl (C=O) groups is 6. The summed E-state index contributed by atoms with van der Waals surface area (Å²) in [6.07, 6.45) is -1.40. The highest BCUT2D eigenvalue weighted by Crippen LogP contribution is 1.99. The van der Waals surface area contributed by atoms with Gasteiger partial charge < -0.3 is 43.4 Å². The summed E-state index contributed by atoms with van der Waals surface area (Å²) < 4.78 is 0. The van der Waals surface area contributed by atoms with E-state index in [1.54, 1.807) is 0 Å². The number of hydrogen-bond acceptors (Lipinski definition) is 8. The van der Waals surface area contributed by atoms with E-state index in [-0.39, 0.29) is 0 Å². The number of aliphatic carboxylic acids is 1. The molecule has 0 aliphatic rings. The molecule has 28 heavy (non-hydrogen) atoms. The van der Waals surface area contributed by atoms with Gasteiger partial charge in [0.2, 0.25) is 29.5 Å². The van der Waals surface area contributed by atoms with Gasteiger partial charge >= 0.3 is 5.97 Å². The van der Waals surface area contributed by atoms with Crippen molar-refractivity contribution in [2.24, 2.45) is 17.2 Å². The lowest BCUT2D eigenvalue weighted by Gasteiger charge is -2.22. The lowest BCUT2D eigenvalue weighted by Crippen LogP contribution is -2.57. The van der Waals surface area contributed by atoms with Gasteiger partial charge in [-0.15, -0.1) is 0 Å². The third-order valence-corrected chi connectivity index (χ3v) is 3.34. The van der Waals surface area contributed by atoms with Crippen LogP contribution in [0.5, 0.6) is 0 Å². The van der Waals surface area contributed by atoms with E-state index in [2.05, 4.69) is 10.6 Å². The van der Waals surface area contributed by atoms with Crippen molar-refractivity contribution in [1.29, 1.82) is 0 Å². The van der Waals surface area contributed by atoms with Crippen LogP contribution in [-0.2, 0) is 28.8 Å². The SMILES string of the molecule is CC(NC(=O)C(N)CO)C(=O)NC(CC(N)=O)C(=O)NC(CC(N)=O)C(=O)O. The zero-order valence-electron chi connectivity index (χ0n) is 15.0. The number of primary amides is 2. The van der Waals surface area contributed by atoms with Crippen molar-refractivity contribution in [3.05, 3.63) is 0 Å².